The highest BCUT2D eigenvalue weighted by molar-refractivity contribution is 7.92. The number of nitrogens with two attached hydrogens (primary N) is 1. The quantitative estimate of drug-likeness (QED) is 0.632. The molecule has 0 atom stereocenters. The Labute approximate surface area is 136 Å². The van der Waals surface area contributed by atoms with Crippen LogP contribution in [0.5, 0.6) is 0 Å². The van der Waals surface area contributed by atoms with E-state index < -0.39 is 21.5 Å². The second-order valence-electron chi connectivity index (χ2n) is 5.59. The van der Waals surface area contributed by atoms with Crippen molar-refractivity contribution < 1.29 is 18.0 Å². The number of nitrogens with one attached hydrogen (secondary N) is 2. The van der Waals surface area contributed by atoms with Crippen LogP contribution in [0.25, 0.3) is 0 Å². The molecule has 0 saturated carbocycles. The molecule has 2 amide bonds. The molecule has 0 spiro atoms. The molecule has 1 aromatic carbocycles. The first kappa shape index (κ1) is 19.1. The Kier molecular flexibility index (Phi) is 7.18. The molecule has 0 aliphatic rings. The molecule has 0 fully saturated rings. The summed E-state index contributed by atoms with van der Waals surface area (Å²) < 4.78 is 23.7. The molecule has 0 saturated heterocycles. The van der Waals surface area contributed by atoms with Gasteiger partial charge in [0.1, 0.15) is 5.75 Å². The number of anilines is 1. The third-order valence-electron chi connectivity index (χ3n) is 2.81. The molecule has 0 aromatic heterocycles. The van der Waals surface area contributed by atoms with Crippen molar-refractivity contribution in [3.8, 4) is 0 Å². The fourth-order valence-electron chi connectivity index (χ4n) is 2.02. The predicted octanol–water partition coefficient (Wildman–Crippen LogP) is 0.384. The minimum Gasteiger partial charge on any atom is -0.351 e. The average Bonchev–Trinajstić information content (AvgIpc) is 2.43. The lowest BCUT2D eigenvalue weighted by molar-refractivity contribution is -0.113. The Morgan fingerprint density at radius 2 is 1.87 bits per heavy atom. The molecule has 128 valence electrons. The minimum atomic E-state index is -3.48. The lowest BCUT2D eigenvalue weighted by Crippen LogP contribution is -2.31. The van der Waals surface area contributed by atoms with E-state index in [-0.39, 0.29) is 28.8 Å². The van der Waals surface area contributed by atoms with Crippen molar-refractivity contribution in [3.63, 3.8) is 0 Å². The summed E-state index contributed by atoms with van der Waals surface area (Å²) in [7, 11) is -3.48. The largest absolute Gasteiger partial charge is 0.351 e. The van der Waals surface area contributed by atoms with Crippen molar-refractivity contribution >= 4 is 27.3 Å². The number of sulfone groups is 1. The molecule has 0 bridgehead atoms. The van der Waals surface area contributed by atoms with Gasteiger partial charge in [-0.1, -0.05) is 26.0 Å². The maximum atomic E-state index is 12.0. The predicted molar refractivity (Wildman–Crippen MR) is 90.0 cm³/mol. The SMILES string of the molecule is CC(C)CS(=O)(=O)CC(=O)Nc1ccccc1C(=O)NCCN. The highest BCUT2D eigenvalue weighted by Gasteiger charge is 2.20. The first-order valence-electron chi connectivity index (χ1n) is 7.32. The zero-order valence-corrected chi connectivity index (χ0v) is 14.2. The van der Waals surface area contributed by atoms with Gasteiger partial charge in [0.15, 0.2) is 9.84 Å². The Morgan fingerprint density at radius 1 is 1.22 bits per heavy atom. The molecular weight excluding hydrogens is 318 g/mol. The van der Waals surface area contributed by atoms with E-state index in [0.29, 0.717) is 13.1 Å². The number of benzene rings is 1. The summed E-state index contributed by atoms with van der Waals surface area (Å²) in [6.45, 7) is 4.15. The Bertz CT molecular complexity index is 656. The molecule has 23 heavy (non-hydrogen) atoms. The third kappa shape index (κ3) is 6.79. The van der Waals surface area contributed by atoms with Gasteiger partial charge in [0, 0.05) is 13.1 Å². The maximum absolute atomic E-state index is 12.0. The monoisotopic (exact) mass is 341 g/mol. The number of hydrogen-bond donors (Lipinski definition) is 3. The van der Waals surface area contributed by atoms with E-state index in [1.54, 1.807) is 38.1 Å². The van der Waals surface area contributed by atoms with Crippen LogP contribution in [0.2, 0.25) is 0 Å². The molecule has 1 aromatic rings. The van der Waals surface area contributed by atoms with E-state index in [0.717, 1.165) is 0 Å². The first-order chi connectivity index (χ1) is 10.7. The summed E-state index contributed by atoms with van der Waals surface area (Å²) in [5.41, 5.74) is 5.86. The van der Waals surface area contributed by atoms with E-state index in [1.165, 1.54) is 0 Å². The zero-order chi connectivity index (χ0) is 17.5. The van der Waals surface area contributed by atoms with Crippen molar-refractivity contribution in [1.82, 2.24) is 5.32 Å². The lowest BCUT2D eigenvalue weighted by Gasteiger charge is -2.12. The van der Waals surface area contributed by atoms with Crippen LogP contribution in [-0.4, -0.2) is 44.8 Å². The zero-order valence-electron chi connectivity index (χ0n) is 13.3. The van der Waals surface area contributed by atoms with Crippen molar-refractivity contribution in [2.45, 2.75) is 13.8 Å². The molecule has 0 radical (unpaired) electrons. The van der Waals surface area contributed by atoms with E-state index >= 15 is 0 Å². The first-order valence-corrected chi connectivity index (χ1v) is 9.15. The number of para-hydroxylation sites is 1. The van der Waals surface area contributed by atoms with Crippen LogP contribution in [0.15, 0.2) is 24.3 Å². The van der Waals surface area contributed by atoms with Crippen LogP contribution in [-0.2, 0) is 14.6 Å². The summed E-state index contributed by atoms with van der Waals surface area (Å²) in [5.74, 6) is -1.76. The smallest absolute Gasteiger partial charge is 0.253 e. The topological polar surface area (TPSA) is 118 Å². The van der Waals surface area contributed by atoms with Gasteiger partial charge in [-0.25, -0.2) is 8.42 Å². The fraction of sp³-hybridized carbons (Fsp3) is 0.467. The normalized spacial score (nSPS) is 11.3. The van der Waals surface area contributed by atoms with Gasteiger partial charge in [-0.15, -0.1) is 0 Å². The van der Waals surface area contributed by atoms with Crippen molar-refractivity contribution in [2.24, 2.45) is 11.7 Å². The van der Waals surface area contributed by atoms with Gasteiger partial charge in [0.2, 0.25) is 5.91 Å². The molecular formula is C15H23N3O4S. The number of hydrogen-bond acceptors (Lipinski definition) is 5. The summed E-state index contributed by atoms with van der Waals surface area (Å²) in [4.78, 5) is 24.0. The molecule has 4 N–H and O–H groups in total. The lowest BCUT2D eigenvalue weighted by atomic mass is 10.1. The van der Waals surface area contributed by atoms with E-state index in [2.05, 4.69) is 10.6 Å². The summed E-state index contributed by atoms with van der Waals surface area (Å²) >= 11 is 0. The molecule has 0 heterocycles. The molecule has 7 nitrogen and oxygen atoms in total. The Morgan fingerprint density at radius 3 is 2.48 bits per heavy atom. The van der Waals surface area contributed by atoms with Crippen LogP contribution in [0, 0.1) is 5.92 Å². The van der Waals surface area contributed by atoms with Crippen molar-refractivity contribution in [3.05, 3.63) is 29.8 Å². The van der Waals surface area contributed by atoms with Gasteiger partial charge in [-0.05, 0) is 18.1 Å². The molecule has 1 rings (SSSR count). The molecule has 0 unspecified atom stereocenters. The van der Waals surface area contributed by atoms with Gasteiger partial charge in [-0.2, -0.15) is 0 Å². The standard InChI is InChI=1S/C15H23N3O4S/c1-11(2)9-23(21,22)10-14(19)18-13-6-4-3-5-12(13)15(20)17-8-7-16/h3-6,11H,7-10,16H2,1-2H3,(H,17,20)(H,18,19). The van der Waals surface area contributed by atoms with Gasteiger partial charge in [0.05, 0.1) is 17.0 Å². The van der Waals surface area contributed by atoms with Gasteiger partial charge in [-0.3, -0.25) is 9.59 Å². The van der Waals surface area contributed by atoms with E-state index in [9.17, 15) is 18.0 Å². The second-order valence-corrected chi connectivity index (χ2v) is 7.70. The van der Waals surface area contributed by atoms with E-state index in [1.807, 2.05) is 0 Å². The van der Waals surface area contributed by atoms with Crippen molar-refractivity contribution in [2.75, 3.05) is 29.9 Å². The molecule has 0 aliphatic heterocycles. The fourth-order valence-corrected chi connectivity index (χ4v) is 3.63. The highest BCUT2D eigenvalue weighted by atomic mass is 32.2. The molecule has 8 heteroatoms. The number of amides is 2. The van der Waals surface area contributed by atoms with Gasteiger partial charge >= 0.3 is 0 Å². The highest BCUT2D eigenvalue weighted by Crippen LogP contribution is 2.15. The van der Waals surface area contributed by atoms with Gasteiger partial charge < -0.3 is 16.4 Å². The minimum absolute atomic E-state index is 0.0536. The van der Waals surface area contributed by atoms with Crippen LogP contribution >= 0.6 is 0 Å². The third-order valence-corrected chi connectivity index (χ3v) is 4.69. The van der Waals surface area contributed by atoms with E-state index in [4.69, 9.17) is 5.73 Å². The number of rotatable bonds is 8. The summed E-state index contributed by atoms with van der Waals surface area (Å²) in [6, 6.07) is 6.40. The molecule has 0 aliphatic carbocycles. The van der Waals surface area contributed by atoms with Crippen LogP contribution in [0.4, 0.5) is 5.69 Å². The van der Waals surface area contributed by atoms with Crippen LogP contribution < -0.4 is 16.4 Å². The van der Waals surface area contributed by atoms with Crippen molar-refractivity contribution in [1.29, 1.82) is 0 Å². The van der Waals surface area contributed by atoms with Crippen LogP contribution in [0.3, 0.4) is 0 Å². The Hall–Kier alpha value is -1.93. The summed E-state index contributed by atoms with van der Waals surface area (Å²) in [6.07, 6.45) is 0. The van der Waals surface area contributed by atoms with Crippen LogP contribution in [0.1, 0.15) is 24.2 Å². The average molecular weight is 341 g/mol. The maximum Gasteiger partial charge on any atom is 0.253 e. The van der Waals surface area contributed by atoms with Gasteiger partial charge in [0.25, 0.3) is 5.91 Å². The second kappa shape index (κ2) is 8.64. The number of carbonyl (C=O) groups is 2. The summed E-state index contributed by atoms with van der Waals surface area (Å²) in [5, 5.41) is 5.09. The number of carbonyl (C=O) groups excluding carboxylic acids is 2. The Balaban J connectivity index is 2.81.